The Morgan fingerprint density at radius 3 is 2.77 bits per heavy atom. The van der Waals surface area contributed by atoms with E-state index in [1.807, 2.05) is 0 Å². The van der Waals surface area contributed by atoms with Gasteiger partial charge in [-0.05, 0) is 47.7 Å². The van der Waals surface area contributed by atoms with Crippen LogP contribution < -0.4 is 5.73 Å². The summed E-state index contributed by atoms with van der Waals surface area (Å²) in [6, 6.07) is 2.10. The molecule has 0 spiro atoms. The first-order valence-electron chi connectivity index (χ1n) is 4.32. The van der Waals surface area contributed by atoms with Crippen molar-refractivity contribution in [3.63, 3.8) is 0 Å². The quantitative estimate of drug-likeness (QED) is 0.900. The maximum atomic E-state index is 6.00. The van der Waals surface area contributed by atoms with Crippen molar-refractivity contribution >= 4 is 38.9 Å². The minimum Gasteiger partial charge on any atom is -0.325 e. The largest absolute Gasteiger partial charge is 0.325 e. The summed E-state index contributed by atoms with van der Waals surface area (Å²) in [6.07, 6.45) is 4.53. The van der Waals surface area contributed by atoms with Crippen LogP contribution in [0.2, 0.25) is 4.34 Å². The highest BCUT2D eigenvalue weighted by Gasteiger charge is 2.37. The first kappa shape index (κ1) is 9.97. The molecule has 2 N–H and O–H groups in total. The lowest BCUT2D eigenvalue weighted by atomic mass is 10.1. The molecule has 1 heterocycles. The van der Waals surface area contributed by atoms with Crippen LogP contribution >= 0.6 is 38.9 Å². The molecule has 0 unspecified atom stereocenters. The Bertz CT molecular complexity index is 300. The van der Waals surface area contributed by atoms with Gasteiger partial charge in [-0.3, -0.25) is 0 Å². The number of halogens is 2. The van der Waals surface area contributed by atoms with Gasteiger partial charge in [0, 0.05) is 14.9 Å². The first-order valence-corrected chi connectivity index (χ1v) is 6.30. The van der Waals surface area contributed by atoms with E-state index in [0.29, 0.717) is 0 Å². The normalized spacial score (nSPS) is 19.0. The molecular weight excluding hydrogens is 270 g/mol. The fourth-order valence-electron chi connectivity index (χ4n) is 1.30. The topological polar surface area (TPSA) is 26.0 Å². The van der Waals surface area contributed by atoms with Crippen LogP contribution in [-0.2, 0) is 6.42 Å². The molecule has 1 saturated carbocycles. The highest BCUT2D eigenvalue weighted by atomic mass is 79.9. The van der Waals surface area contributed by atoms with E-state index in [-0.39, 0.29) is 5.54 Å². The van der Waals surface area contributed by atoms with E-state index in [1.165, 1.54) is 17.7 Å². The van der Waals surface area contributed by atoms with Gasteiger partial charge in [0.25, 0.3) is 0 Å². The lowest BCUT2D eigenvalue weighted by Crippen LogP contribution is -2.21. The average molecular weight is 281 g/mol. The Labute approximate surface area is 95.4 Å². The summed E-state index contributed by atoms with van der Waals surface area (Å²) < 4.78 is 1.85. The zero-order valence-electron chi connectivity index (χ0n) is 7.15. The van der Waals surface area contributed by atoms with Crippen LogP contribution in [0.3, 0.4) is 0 Å². The monoisotopic (exact) mass is 279 g/mol. The summed E-state index contributed by atoms with van der Waals surface area (Å²) in [5.74, 6) is 0. The Morgan fingerprint density at radius 1 is 1.62 bits per heavy atom. The summed E-state index contributed by atoms with van der Waals surface area (Å²) >= 11 is 11.0. The van der Waals surface area contributed by atoms with Gasteiger partial charge in [0.05, 0.1) is 0 Å². The molecule has 0 aromatic carbocycles. The molecule has 1 aliphatic rings. The van der Waals surface area contributed by atoms with Crippen molar-refractivity contribution in [2.45, 2.75) is 31.2 Å². The number of thiophene rings is 1. The summed E-state index contributed by atoms with van der Waals surface area (Å²) in [5, 5.41) is 0. The maximum Gasteiger partial charge on any atom is 0.107 e. The molecule has 0 atom stereocenters. The van der Waals surface area contributed by atoms with E-state index in [0.717, 1.165) is 21.7 Å². The minimum atomic E-state index is 0.156. The Kier molecular flexibility index (Phi) is 2.71. The van der Waals surface area contributed by atoms with Crippen LogP contribution in [0.25, 0.3) is 0 Å². The van der Waals surface area contributed by atoms with Crippen molar-refractivity contribution < 1.29 is 0 Å². The predicted octanol–water partition coefficient (Wildman–Crippen LogP) is 3.59. The average Bonchev–Trinajstić information content (AvgIpc) is 2.72. The minimum absolute atomic E-state index is 0.156. The predicted molar refractivity (Wildman–Crippen MR) is 61.5 cm³/mol. The number of nitrogens with two attached hydrogens (primary N) is 1. The second-order valence-electron chi connectivity index (χ2n) is 3.70. The van der Waals surface area contributed by atoms with Crippen molar-refractivity contribution in [2.24, 2.45) is 5.73 Å². The third kappa shape index (κ3) is 2.46. The zero-order valence-corrected chi connectivity index (χ0v) is 10.3. The molecule has 1 aromatic rings. The molecule has 0 aliphatic heterocycles. The molecule has 13 heavy (non-hydrogen) atoms. The standard InChI is InChI=1S/C9H11BrClNS/c10-7-5-6(13-8(7)11)1-2-9(12)3-4-9/h5H,1-4,12H2. The van der Waals surface area contributed by atoms with Crippen molar-refractivity contribution in [2.75, 3.05) is 0 Å². The molecular formula is C9H11BrClNS. The molecule has 0 radical (unpaired) electrons. The Balaban J connectivity index is 1.94. The van der Waals surface area contributed by atoms with Crippen LogP contribution in [0, 0.1) is 0 Å². The van der Waals surface area contributed by atoms with Gasteiger partial charge in [-0.1, -0.05) is 11.6 Å². The van der Waals surface area contributed by atoms with E-state index in [1.54, 1.807) is 11.3 Å². The molecule has 72 valence electrons. The molecule has 1 aliphatic carbocycles. The summed E-state index contributed by atoms with van der Waals surface area (Å²) in [5.41, 5.74) is 6.15. The van der Waals surface area contributed by atoms with Crippen molar-refractivity contribution in [3.8, 4) is 0 Å². The van der Waals surface area contributed by atoms with Gasteiger partial charge in [-0.15, -0.1) is 11.3 Å². The van der Waals surface area contributed by atoms with Gasteiger partial charge in [0.2, 0.25) is 0 Å². The molecule has 0 saturated heterocycles. The van der Waals surface area contributed by atoms with Crippen LogP contribution in [0.5, 0.6) is 0 Å². The number of aryl methyl sites for hydroxylation is 1. The third-order valence-electron chi connectivity index (χ3n) is 2.46. The smallest absolute Gasteiger partial charge is 0.107 e. The fraction of sp³-hybridized carbons (Fsp3) is 0.556. The van der Waals surface area contributed by atoms with Gasteiger partial charge in [0.15, 0.2) is 0 Å². The van der Waals surface area contributed by atoms with E-state index in [9.17, 15) is 0 Å². The SMILES string of the molecule is NC1(CCc2cc(Br)c(Cl)s2)CC1. The number of hydrogen-bond donors (Lipinski definition) is 1. The lowest BCUT2D eigenvalue weighted by Gasteiger charge is -2.05. The second-order valence-corrected chi connectivity index (χ2v) is 6.29. The molecule has 1 fully saturated rings. The molecule has 1 nitrogen and oxygen atoms in total. The molecule has 0 amide bonds. The first-order chi connectivity index (χ1) is 6.09. The van der Waals surface area contributed by atoms with Gasteiger partial charge in [-0.25, -0.2) is 0 Å². The summed E-state index contributed by atoms with van der Waals surface area (Å²) in [4.78, 5) is 1.33. The number of hydrogen-bond acceptors (Lipinski definition) is 2. The Hall–Kier alpha value is 0.430. The Morgan fingerprint density at radius 2 is 2.31 bits per heavy atom. The van der Waals surface area contributed by atoms with Crippen molar-refractivity contribution in [1.29, 1.82) is 0 Å². The van der Waals surface area contributed by atoms with E-state index in [4.69, 9.17) is 17.3 Å². The fourth-order valence-corrected chi connectivity index (χ4v) is 3.09. The van der Waals surface area contributed by atoms with Gasteiger partial charge in [-0.2, -0.15) is 0 Å². The van der Waals surface area contributed by atoms with E-state index < -0.39 is 0 Å². The van der Waals surface area contributed by atoms with Crippen LogP contribution in [0.4, 0.5) is 0 Å². The number of rotatable bonds is 3. The van der Waals surface area contributed by atoms with E-state index in [2.05, 4.69) is 22.0 Å². The summed E-state index contributed by atoms with van der Waals surface area (Å²) in [6.45, 7) is 0. The van der Waals surface area contributed by atoms with Crippen LogP contribution in [0.15, 0.2) is 10.5 Å². The maximum absolute atomic E-state index is 6.00. The molecule has 2 rings (SSSR count). The van der Waals surface area contributed by atoms with Gasteiger partial charge in [0.1, 0.15) is 4.34 Å². The van der Waals surface area contributed by atoms with Gasteiger partial charge < -0.3 is 5.73 Å². The molecule has 1 aromatic heterocycles. The second kappa shape index (κ2) is 3.54. The zero-order chi connectivity index (χ0) is 9.47. The molecule has 4 heteroatoms. The van der Waals surface area contributed by atoms with Crippen molar-refractivity contribution in [1.82, 2.24) is 0 Å². The summed E-state index contributed by atoms with van der Waals surface area (Å²) in [7, 11) is 0. The van der Waals surface area contributed by atoms with Crippen molar-refractivity contribution in [3.05, 3.63) is 19.8 Å². The van der Waals surface area contributed by atoms with Gasteiger partial charge >= 0.3 is 0 Å². The van der Waals surface area contributed by atoms with E-state index >= 15 is 0 Å². The van der Waals surface area contributed by atoms with Crippen LogP contribution in [-0.4, -0.2) is 5.54 Å². The lowest BCUT2D eigenvalue weighted by molar-refractivity contribution is 0.612. The third-order valence-corrected chi connectivity index (χ3v) is 4.99. The highest BCUT2D eigenvalue weighted by Crippen LogP contribution is 2.39. The van der Waals surface area contributed by atoms with Crippen LogP contribution in [0.1, 0.15) is 24.1 Å². The highest BCUT2D eigenvalue weighted by molar-refractivity contribution is 9.10. The molecule has 0 bridgehead atoms.